The van der Waals surface area contributed by atoms with E-state index in [2.05, 4.69) is 142 Å². The fraction of sp³-hybridized carbons (Fsp3) is 0.455. The SMILES string of the molecule is CC1=CC2C3C=C(C)SC3C([Si](C)(C)C3C(C)CC4C(c5ccccc5)=C(c5ccccc5)SC43)C2S1. The van der Waals surface area contributed by atoms with Crippen LogP contribution in [0.2, 0.25) is 24.2 Å². The van der Waals surface area contributed by atoms with E-state index in [1.807, 2.05) is 0 Å². The predicted molar refractivity (Wildman–Crippen MR) is 171 cm³/mol. The van der Waals surface area contributed by atoms with Gasteiger partial charge in [0.15, 0.2) is 0 Å². The van der Waals surface area contributed by atoms with Crippen molar-refractivity contribution in [2.24, 2.45) is 23.7 Å². The molecule has 5 aliphatic rings. The van der Waals surface area contributed by atoms with E-state index >= 15 is 0 Å². The number of hydrogen-bond acceptors (Lipinski definition) is 3. The van der Waals surface area contributed by atoms with E-state index in [4.69, 9.17) is 0 Å². The van der Waals surface area contributed by atoms with Crippen LogP contribution in [0.1, 0.15) is 38.3 Å². The summed E-state index contributed by atoms with van der Waals surface area (Å²) in [7, 11) is -1.63. The van der Waals surface area contributed by atoms with Crippen LogP contribution in [0.15, 0.2) is 82.6 Å². The van der Waals surface area contributed by atoms with Gasteiger partial charge in [0, 0.05) is 20.7 Å². The lowest BCUT2D eigenvalue weighted by molar-refractivity contribution is 0.574. The van der Waals surface area contributed by atoms with Gasteiger partial charge in [0.2, 0.25) is 0 Å². The minimum Gasteiger partial charge on any atom is -0.127 e. The Bertz CT molecular complexity index is 1260. The van der Waals surface area contributed by atoms with E-state index in [1.165, 1.54) is 17.5 Å². The summed E-state index contributed by atoms with van der Waals surface area (Å²) in [5, 5.41) is 2.34. The number of hydrogen-bond donors (Lipinski definition) is 0. The first-order valence-corrected chi connectivity index (χ1v) is 19.9. The second-order valence-corrected chi connectivity index (χ2v) is 21.6. The Morgan fingerprint density at radius 3 is 1.78 bits per heavy atom. The van der Waals surface area contributed by atoms with Crippen LogP contribution in [-0.4, -0.2) is 23.8 Å². The summed E-state index contributed by atoms with van der Waals surface area (Å²) in [5.74, 6) is 3.00. The third-order valence-electron chi connectivity index (χ3n) is 10.1. The molecule has 7 rings (SSSR count). The van der Waals surface area contributed by atoms with Gasteiger partial charge in [-0.2, -0.15) is 0 Å². The Kier molecular flexibility index (Phi) is 6.23. The van der Waals surface area contributed by atoms with E-state index in [0.29, 0.717) is 5.92 Å². The molecular formula is C33H38S3Si. The van der Waals surface area contributed by atoms with Crippen LogP contribution < -0.4 is 0 Å². The zero-order chi connectivity index (χ0) is 25.5. The maximum Gasteiger partial charge on any atom is 0.0575 e. The summed E-state index contributed by atoms with van der Waals surface area (Å²) in [6.07, 6.45) is 6.66. The maximum absolute atomic E-state index is 2.81. The Morgan fingerprint density at radius 2 is 1.22 bits per heavy atom. The van der Waals surface area contributed by atoms with Gasteiger partial charge in [-0.15, -0.1) is 35.3 Å². The fourth-order valence-corrected chi connectivity index (χ4v) is 22.6. The van der Waals surface area contributed by atoms with Crippen LogP contribution >= 0.6 is 35.3 Å². The molecule has 4 heteroatoms. The third kappa shape index (κ3) is 3.87. The Balaban J connectivity index is 1.28. The van der Waals surface area contributed by atoms with Gasteiger partial charge in [-0.05, 0) is 81.5 Å². The molecule has 2 aromatic carbocycles. The first-order chi connectivity index (χ1) is 17.8. The van der Waals surface area contributed by atoms with Crippen LogP contribution in [0.4, 0.5) is 0 Å². The number of benzene rings is 2. The number of allylic oxidation sites excluding steroid dienone is 5. The topological polar surface area (TPSA) is 0 Å². The predicted octanol–water partition coefficient (Wildman–Crippen LogP) is 10.1. The van der Waals surface area contributed by atoms with E-state index in [-0.39, 0.29) is 0 Å². The average Bonchev–Trinajstić information content (AvgIpc) is 3.65. The standard InChI is InChI=1S/C33H38S3Si/c1-19-16-26-27(22-12-8-6-9-13-22)28(23-14-10-7-11-15-23)36-31(26)32(19)37(4,5)33-29-24(17-20(2)34-29)25-18-21(3)35-30(25)33/h6-15,17-19,24-26,29-33H,16H2,1-5H3. The van der Waals surface area contributed by atoms with Crippen molar-refractivity contribution in [3.05, 3.63) is 93.8 Å². The molecule has 0 radical (unpaired) electrons. The van der Waals surface area contributed by atoms with Crippen LogP contribution in [0.25, 0.3) is 10.5 Å². The molecule has 2 aromatic rings. The van der Waals surface area contributed by atoms with E-state index in [1.54, 1.807) is 20.3 Å². The van der Waals surface area contributed by atoms with Gasteiger partial charge < -0.3 is 0 Å². The van der Waals surface area contributed by atoms with E-state index < -0.39 is 8.07 Å². The number of rotatable bonds is 4. The highest BCUT2D eigenvalue weighted by Gasteiger charge is 2.63. The van der Waals surface area contributed by atoms with Gasteiger partial charge in [0.1, 0.15) is 0 Å². The molecule has 0 aromatic heterocycles. The minimum absolute atomic E-state index is 0.676. The monoisotopic (exact) mass is 558 g/mol. The summed E-state index contributed by atoms with van der Waals surface area (Å²) >= 11 is 6.75. The Labute approximate surface area is 237 Å². The van der Waals surface area contributed by atoms with Gasteiger partial charge in [-0.3, -0.25) is 0 Å². The minimum atomic E-state index is -1.63. The highest BCUT2D eigenvalue weighted by molar-refractivity contribution is 8.09. The molecule has 3 aliphatic heterocycles. The van der Waals surface area contributed by atoms with Gasteiger partial charge in [0.25, 0.3) is 0 Å². The Morgan fingerprint density at radius 1 is 0.676 bits per heavy atom. The molecule has 0 saturated heterocycles. The van der Waals surface area contributed by atoms with Crippen molar-refractivity contribution < 1.29 is 0 Å². The molecule has 0 N–H and O–H groups in total. The lowest BCUT2D eigenvalue weighted by atomic mass is 9.89. The lowest BCUT2D eigenvalue weighted by Crippen LogP contribution is -2.48. The van der Waals surface area contributed by atoms with Crippen LogP contribution in [0.5, 0.6) is 0 Å². The molecule has 37 heavy (non-hydrogen) atoms. The molecule has 192 valence electrons. The fourth-order valence-electron chi connectivity index (χ4n) is 8.93. The van der Waals surface area contributed by atoms with E-state index in [0.717, 1.165) is 44.6 Å². The summed E-state index contributed by atoms with van der Waals surface area (Å²) in [6.45, 7) is 13.0. The van der Waals surface area contributed by atoms with Crippen molar-refractivity contribution in [3.63, 3.8) is 0 Å². The quantitative estimate of drug-likeness (QED) is 0.343. The molecule has 0 spiro atoms. The third-order valence-corrected chi connectivity index (χ3v) is 20.3. The van der Waals surface area contributed by atoms with Crippen molar-refractivity contribution >= 4 is 53.8 Å². The van der Waals surface area contributed by atoms with Gasteiger partial charge in [0.05, 0.1) is 8.07 Å². The highest BCUT2D eigenvalue weighted by atomic mass is 32.2. The Hall–Kier alpha value is -1.07. The van der Waals surface area contributed by atoms with Gasteiger partial charge in [-0.1, -0.05) is 92.8 Å². The van der Waals surface area contributed by atoms with Crippen LogP contribution in [0, 0.1) is 23.7 Å². The molecule has 0 bridgehead atoms. The van der Waals surface area contributed by atoms with Crippen LogP contribution in [-0.2, 0) is 0 Å². The second-order valence-electron chi connectivity index (χ2n) is 12.6. The lowest BCUT2D eigenvalue weighted by Gasteiger charge is -2.45. The summed E-state index contributed by atoms with van der Waals surface area (Å²) in [6, 6.07) is 22.6. The van der Waals surface area contributed by atoms with Crippen LogP contribution in [0.3, 0.4) is 0 Å². The second kappa shape index (κ2) is 9.25. The summed E-state index contributed by atoms with van der Waals surface area (Å²) in [5.41, 5.74) is 6.25. The molecule has 2 aliphatic carbocycles. The summed E-state index contributed by atoms with van der Waals surface area (Å²) in [4.78, 5) is 4.72. The number of fused-ring (bicyclic) bond motifs is 4. The molecule has 2 fully saturated rings. The molecule has 8 unspecified atom stereocenters. The zero-order valence-electron chi connectivity index (χ0n) is 22.6. The smallest absolute Gasteiger partial charge is 0.0575 e. The molecule has 0 nitrogen and oxygen atoms in total. The zero-order valence-corrected chi connectivity index (χ0v) is 26.0. The molecule has 0 amide bonds. The summed E-state index contributed by atoms with van der Waals surface area (Å²) < 4.78 is 0. The van der Waals surface area contributed by atoms with Crippen molar-refractivity contribution in [2.75, 3.05) is 0 Å². The molecule has 3 heterocycles. The first-order valence-electron chi connectivity index (χ1n) is 14.1. The maximum atomic E-state index is 2.81. The molecular weight excluding hydrogens is 521 g/mol. The first kappa shape index (κ1) is 24.9. The van der Waals surface area contributed by atoms with Crippen molar-refractivity contribution in [2.45, 2.75) is 67.1 Å². The molecule has 8 atom stereocenters. The number of thioether (sulfide) groups is 3. The highest BCUT2D eigenvalue weighted by Crippen LogP contribution is 2.70. The normalized spacial score (nSPS) is 38.5. The van der Waals surface area contributed by atoms with Crippen molar-refractivity contribution in [1.29, 1.82) is 0 Å². The van der Waals surface area contributed by atoms with Crippen molar-refractivity contribution in [3.8, 4) is 0 Å². The van der Waals surface area contributed by atoms with Gasteiger partial charge in [-0.25, -0.2) is 0 Å². The molecule has 2 saturated carbocycles. The van der Waals surface area contributed by atoms with E-state index in [9.17, 15) is 0 Å². The average molecular weight is 559 g/mol. The largest absolute Gasteiger partial charge is 0.127 e. The van der Waals surface area contributed by atoms with Crippen molar-refractivity contribution in [1.82, 2.24) is 0 Å². The van der Waals surface area contributed by atoms with Gasteiger partial charge >= 0.3 is 0 Å².